The van der Waals surface area contributed by atoms with Crippen LogP contribution in [0.2, 0.25) is 0 Å². The number of rotatable bonds is 5. The highest BCUT2D eigenvalue weighted by atomic mass is 32.2. The minimum atomic E-state index is -0.133. The molecule has 0 saturated heterocycles. The van der Waals surface area contributed by atoms with Crippen LogP contribution in [0.15, 0.2) is 27.4 Å². The monoisotopic (exact) mass is 291 g/mol. The van der Waals surface area contributed by atoms with Crippen LogP contribution in [-0.4, -0.2) is 27.0 Å². The summed E-state index contributed by atoms with van der Waals surface area (Å²) in [5.41, 5.74) is 1.61. The van der Waals surface area contributed by atoms with E-state index in [0.717, 1.165) is 34.9 Å². The van der Waals surface area contributed by atoms with Crippen LogP contribution in [-0.2, 0) is 6.42 Å². The van der Waals surface area contributed by atoms with E-state index < -0.39 is 0 Å². The van der Waals surface area contributed by atoms with Crippen LogP contribution in [0.25, 0.3) is 0 Å². The van der Waals surface area contributed by atoms with Gasteiger partial charge in [-0.15, -0.1) is 0 Å². The summed E-state index contributed by atoms with van der Waals surface area (Å²) in [5, 5.41) is 4.35. The zero-order valence-corrected chi connectivity index (χ0v) is 12.5. The summed E-state index contributed by atoms with van der Waals surface area (Å²) in [4.78, 5) is 27.2. The number of hydrogen-bond acceptors (Lipinski definition) is 6. The molecule has 2 heterocycles. The first-order valence-electron chi connectivity index (χ1n) is 6.41. The van der Waals surface area contributed by atoms with Gasteiger partial charge in [-0.3, -0.25) is 4.79 Å². The molecule has 0 amide bonds. The molecule has 0 fully saturated rings. The minimum absolute atomic E-state index is 0.133. The van der Waals surface area contributed by atoms with Crippen molar-refractivity contribution in [1.29, 1.82) is 0 Å². The number of nitrogens with zero attached hydrogens (tertiary/aromatic N) is 3. The molecule has 0 aliphatic rings. The topological polar surface area (TPSA) is 83.6 Å². The maximum Gasteiger partial charge on any atom is 0.251 e. The molecule has 0 saturated carbocycles. The average molecular weight is 291 g/mol. The van der Waals surface area contributed by atoms with E-state index in [0.29, 0.717) is 5.16 Å². The molecule has 0 aliphatic carbocycles. The van der Waals surface area contributed by atoms with Crippen molar-refractivity contribution in [3.63, 3.8) is 0 Å². The first-order valence-corrected chi connectivity index (χ1v) is 7.23. The molecule has 0 spiro atoms. The smallest absolute Gasteiger partial charge is 0.251 e. The van der Waals surface area contributed by atoms with E-state index in [1.165, 1.54) is 18.1 Å². The van der Waals surface area contributed by atoms with E-state index in [1.54, 1.807) is 6.07 Å². The molecule has 6 nitrogen and oxygen atoms in total. The van der Waals surface area contributed by atoms with Gasteiger partial charge in [-0.2, -0.15) is 0 Å². The van der Waals surface area contributed by atoms with E-state index >= 15 is 0 Å². The first-order chi connectivity index (χ1) is 9.63. The number of hydrogen-bond donors (Lipinski definition) is 2. The summed E-state index contributed by atoms with van der Waals surface area (Å²) in [5.74, 6) is 0.773. The molecule has 2 rings (SSSR count). The summed E-state index contributed by atoms with van der Waals surface area (Å²) in [6, 6.07) is 1.54. The van der Waals surface area contributed by atoms with Gasteiger partial charge >= 0.3 is 0 Å². The normalized spacial score (nSPS) is 10.6. The van der Waals surface area contributed by atoms with Crippen molar-refractivity contribution in [3.8, 4) is 0 Å². The molecule has 0 aliphatic heterocycles. The predicted molar refractivity (Wildman–Crippen MR) is 79.3 cm³/mol. The molecule has 0 atom stereocenters. The number of nitrogens with one attached hydrogen (secondary N) is 2. The van der Waals surface area contributed by atoms with E-state index in [4.69, 9.17) is 0 Å². The Morgan fingerprint density at radius 1 is 1.40 bits per heavy atom. The van der Waals surface area contributed by atoms with Crippen LogP contribution in [0.4, 0.5) is 5.82 Å². The summed E-state index contributed by atoms with van der Waals surface area (Å²) in [6.07, 6.45) is 3.24. The predicted octanol–water partition coefficient (Wildman–Crippen LogP) is 2.01. The summed E-state index contributed by atoms with van der Waals surface area (Å²) >= 11 is 1.34. The highest BCUT2D eigenvalue weighted by molar-refractivity contribution is 7.99. The van der Waals surface area contributed by atoms with E-state index in [-0.39, 0.29) is 5.56 Å². The lowest BCUT2D eigenvalue weighted by Gasteiger charge is -2.08. The second-order valence-corrected chi connectivity index (χ2v) is 5.27. The van der Waals surface area contributed by atoms with Crippen molar-refractivity contribution in [2.45, 2.75) is 36.9 Å². The number of H-pyrrole nitrogens is 1. The number of aromatic nitrogens is 4. The highest BCUT2D eigenvalue weighted by Crippen LogP contribution is 2.27. The molecule has 2 N–H and O–H groups in total. The van der Waals surface area contributed by atoms with Crippen LogP contribution in [0.1, 0.15) is 24.6 Å². The quantitative estimate of drug-likeness (QED) is 0.647. The van der Waals surface area contributed by atoms with Crippen molar-refractivity contribution in [1.82, 2.24) is 19.9 Å². The lowest BCUT2D eigenvalue weighted by Crippen LogP contribution is -2.10. The van der Waals surface area contributed by atoms with Crippen molar-refractivity contribution in [3.05, 3.63) is 34.0 Å². The maximum absolute atomic E-state index is 11.6. The van der Waals surface area contributed by atoms with Gasteiger partial charge in [-0.05, 0) is 25.1 Å². The van der Waals surface area contributed by atoms with Gasteiger partial charge in [0.05, 0.1) is 0 Å². The molecule has 7 heteroatoms. The number of aromatic amines is 1. The van der Waals surface area contributed by atoms with Crippen LogP contribution >= 0.6 is 11.8 Å². The Morgan fingerprint density at radius 3 is 2.90 bits per heavy atom. The van der Waals surface area contributed by atoms with Gasteiger partial charge in [0.2, 0.25) is 0 Å². The standard InChI is InChI=1S/C13H17N5OS/c1-4-5-9-6-10(19)18-13(17-9)20-12-8(2)11(14-3)15-7-16-12/h6-7H,4-5H2,1-3H3,(H,14,15,16)(H,17,18,19). The molecular weight excluding hydrogens is 274 g/mol. The third-order valence-corrected chi connectivity index (χ3v) is 3.74. The molecule has 20 heavy (non-hydrogen) atoms. The molecule has 0 bridgehead atoms. The molecule has 0 radical (unpaired) electrons. The van der Waals surface area contributed by atoms with E-state index in [2.05, 4.69) is 32.2 Å². The summed E-state index contributed by atoms with van der Waals surface area (Å²) in [7, 11) is 1.81. The fourth-order valence-corrected chi connectivity index (χ4v) is 2.64. The molecule has 0 unspecified atom stereocenters. The molecule has 0 aromatic carbocycles. The highest BCUT2D eigenvalue weighted by Gasteiger charge is 2.10. The number of anilines is 1. The number of aryl methyl sites for hydroxylation is 1. The van der Waals surface area contributed by atoms with Gasteiger partial charge < -0.3 is 10.3 Å². The SMILES string of the molecule is CCCc1cc(=O)[nH]c(Sc2ncnc(NC)c2C)n1. The van der Waals surface area contributed by atoms with Crippen molar-refractivity contribution < 1.29 is 0 Å². The average Bonchev–Trinajstić information content (AvgIpc) is 2.41. The fraction of sp³-hybridized carbons (Fsp3) is 0.385. The lowest BCUT2D eigenvalue weighted by atomic mass is 10.2. The third kappa shape index (κ3) is 3.36. The second kappa shape index (κ2) is 6.51. The van der Waals surface area contributed by atoms with Crippen molar-refractivity contribution in [2.24, 2.45) is 0 Å². The van der Waals surface area contributed by atoms with Crippen LogP contribution in [0.3, 0.4) is 0 Å². The van der Waals surface area contributed by atoms with Gasteiger partial charge in [0.15, 0.2) is 5.16 Å². The summed E-state index contributed by atoms with van der Waals surface area (Å²) in [6.45, 7) is 3.99. The minimum Gasteiger partial charge on any atom is -0.373 e. The Kier molecular flexibility index (Phi) is 4.73. The van der Waals surface area contributed by atoms with Gasteiger partial charge in [-0.1, -0.05) is 13.3 Å². The zero-order chi connectivity index (χ0) is 14.5. The maximum atomic E-state index is 11.6. The van der Waals surface area contributed by atoms with Crippen molar-refractivity contribution >= 4 is 17.6 Å². The fourth-order valence-electron chi connectivity index (χ4n) is 1.80. The van der Waals surface area contributed by atoms with Gasteiger partial charge in [-0.25, -0.2) is 15.0 Å². The lowest BCUT2D eigenvalue weighted by molar-refractivity contribution is 0.814. The largest absolute Gasteiger partial charge is 0.373 e. The Balaban J connectivity index is 2.32. The Bertz CT molecular complexity index is 655. The van der Waals surface area contributed by atoms with Gasteiger partial charge in [0.1, 0.15) is 17.2 Å². The Hall–Kier alpha value is -1.89. The van der Waals surface area contributed by atoms with Gasteiger partial charge in [0, 0.05) is 24.4 Å². The molecule has 2 aromatic rings. The third-order valence-electron chi connectivity index (χ3n) is 2.75. The van der Waals surface area contributed by atoms with Crippen LogP contribution in [0, 0.1) is 6.92 Å². The molecule has 106 valence electrons. The van der Waals surface area contributed by atoms with Crippen molar-refractivity contribution in [2.75, 3.05) is 12.4 Å². The van der Waals surface area contributed by atoms with E-state index in [1.807, 2.05) is 14.0 Å². The zero-order valence-electron chi connectivity index (χ0n) is 11.7. The molecule has 2 aromatic heterocycles. The van der Waals surface area contributed by atoms with E-state index in [9.17, 15) is 4.79 Å². The Labute approximate surface area is 121 Å². The second-order valence-electron chi connectivity index (χ2n) is 4.30. The van der Waals surface area contributed by atoms with Gasteiger partial charge in [0.25, 0.3) is 5.56 Å². The summed E-state index contributed by atoms with van der Waals surface area (Å²) < 4.78 is 0. The van der Waals surface area contributed by atoms with Crippen LogP contribution in [0.5, 0.6) is 0 Å². The first kappa shape index (κ1) is 14.5. The van der Waals surface area contributed by atoms with Crippen LogP contribution < -0.4 is 10.9 Å². The molecular formula is C13H17N5OS. The Morgan fingerprint density at radius 2 is 2.20 bits per heavy atom.